The van der Waals surface area contributed by atoms with Crippen molar-refractivity contribution < 1.29 is 4.79 Å². The summed E-state index contributed by atoms with van der Waals surface area (Å²) in [6.45, 7) is 0.913. The van der Waals surface area contributed by atoms with Crippen LogP contribution in [0.4, 0.5) is 0 Å². The Morgan fingerprint density at radius 2 is 2.40 bits per heavy atom. The van der Waals surface area contributed by atoms with Crippen LogP contribution in [0.1, 0.15) is 12.8 Å². The van der Waals surface area contributed by atoms with Crippen LogP contribution >= 0.6 is 11.8 Å². The molecule has 1 fully saturated rings. The largest absolute Gasteiger partial charge is 0.392 e. The first-order valence-corrected chi connectivity index (χ1v) is 5.88. The van der Waals surface area contributed by atoms with E-state index in [0.717, 1.165) is 24.4 Å². The number of carbonyl (C=O) groups is 1. The summed E-state index contributed by atoms with van der Waals surface area (Å²) in [6.07, 6.45) is 3.78. The molecule has 0 radical (unpaired) electrons. The van der Waals surface area contributed by atoms with Crippen LogP contribution in [0, 0.1) is 0 Å². The predicted octanol–water partition coefficient (Wildman–Crippen LogP) is -0.344. The first-order valence-electron chi connectivity index (χ1n) is 5.00. The van der Waals surface area contributed by atoms with E-state index in [1.165, 1.54) is 0 Å². The van der Waals surface area contributed by atoms with E-state index >= 15 is 0 Å². The number of hydrogen-bond donors (Lipinski definition) is 2. The lowest BCUT2D eigenvalue weighted by atomic mass is 10.2. The van der Waals surface area contributed by atoms with Crippen LogP contribution in [0.3, 0.4) is 0 Å². The summed E-state index contributed by atoms with van der Waals surface area (Å²) in [5.74, 6) is -0.230. The fraction of sp³-hybridized carbons (Fsp3) is 0.667. The van der Waals surface area contributed by atoms with Gasteiger partial charge >= 0.3 is 0 Å². The molecule has 4 N–H and O–H groups in total. The van der Waals surface area contributed by atoms with Gasteiger partial charge in [-0.05, 0) is 12.8 Å². The fourth-order valence-corrected chi connectivity index (χ4v) is 3.25. The van der Waals surface area contributed by atoms with E-state index in [0.29, 0.717) is 0 Å². The summed E-state index contributed by atoms with van der Waals surface area (Å²) in [7, 11) is 1.97. The Hall–Kier alpha value is -0.880. The normalized spacial score (nSPS) is 32.1. The van der Waals surface area contributed by atoms with Gasteiger partial charge in [0.2, 0.25) is 5.91 Å². The van der Waals surface area contributed by atoms with Gasteiger partial charge in [-0.2, -0.15) is 0 Å². The summed E-state index contributed by atoms with van der Waals surface area (Å²) in [5, 5.41) is 0.789. The van der Waals surface area contributed by atoms with Gasteiger partial charge in [-0.15, -0.1) is 0 Å². The number of hydrogen-bond acceptors (Lipinski definition) is 5. The van der Waals surface area contributed by atoms with Gasteiger partial charge in [0, 0.05) is 19.8 Å². The zero-order valence-electron chi connectivity index (χ0n) is 8.72. The number of amides is 1. The molecule has 1 unspecified atom stereocenters. The summed E-state index contributed by atoms with van der Waals surface area (Å²) in [6, 6.07) is -0.135. The molecule has 2 rings (SSSR count). The highest BCUT2D eigenvalue weighted by Gasteiger charge is 2.38. The number of thioether (sulfide) groups is 1. The second-order valence-electron chi connectivity index (χ2n) is 3.94. The van der Waals surface area contributed by atoms with Crippen molar-refractivity contribution >= 4 is 17.7 Å². The molecule has 2 aliphatic rings. The lowest BCUT2D eigenvalue weighted by molar-refractivity contribution is -0.123. The molecule has 0 bridgehead atoms. The minimum absolute atomic E-state index is 0.130. The predicted molar refractivity (Wildman–Crippen MR) is 60.3 cm³/mol. The number of carbonyl (C=O) groups excluding carboxylic acids is 1. The number of likely N-dealkylation sites (tertiary alicyclic amines) is 1. The highest BCUT2D eigenvalue weighted by molar-refractivity contribution is 8.03. The van der Waals surface area contributed by atoms with Crippen LogP contribution in [0.5, 0.6) is 0 Å². The first-order chi connectivity index (χ1) is 7.09. The van der Waals surface area contributed by atoms with Gasteiger partial charge in [0.15, 0.2) is 0 Å². The van der Waals surface area contributed by atoms with Gasteiger partial charge < -0.3 is 16.4 Å². The molecule has 0 aromatic heterocycles. The Labute approximate surface area is 93.4 Å². The number of rotatable bonds is 2. The Morgan fingerprint density at radius 3 is 2.93 bits per heavy atom. The van der Waals surface area contributed by atoms with E-state index in [4.69, 9.17) is 11.5 Å². The molecular weight excluding hydrogens is 212 g/mol. The summed E-state index contributed by atoms with van der Waals surface area (Å²) in [5.41, 5.74) is 11.3. The van der Waals surface area contributed by atoms with Crippen LogP contribution in [-0.4, -0.2) is 40.8 Å². The molecule has 0 spiro atoms. The third-order valence-electron chi connectivity index (χ3n) is 2.83. The molecule has 0 saturated carbocycles. The quantitative estimate of drug-likeness (QED) is 0.676. The molecule has 5 nitrogen and oxygen atoms in total. The van der Waals surface area contributed by atoms with Crippen molar-refractivity contribution in [3.8, 4) is 0 Å². The van der Waals surface area contributed by atoms with E-state index < -0.39 is 0 Å². The fourth-order valence-electron chi connectivity index (χ4n) is 2.16. The van der Waals surface area contributed by atoms with Gasteiger partial charge in [-0.3, -0.25) is 9.69 Å². The van der Waals surface area contributed by atoms with E-state index in [1.54, 1.807) is 11.8 Å². The van der Waals surface area contributed by atoms with Gasteiger partial charge in [-0.1, -0.05) is 11.8 Å². The molecule has 2 heterocycles. The van der Waals surface area contributed by atoms with Gasteiger partial charge in [0.05, 0.1) is 11.1 Å². The zero-order chi connectivity index (χ0) is 11.0. The van der Waals surface area contributed by atoms with Crippen LogP contribution in [0.15, 0.2) is 11.2 Å². The molecule has 0 aliphatic carbocycles. The van der Waals surface area contributed by atoms with Crippen LogP contribution in [0.2, 0.25) is 0 Å². The molecule has 2 aliphatic heterocycles. The molecular formula is C9H16N4OS. The molecule has 15 heavy (non-hydrogen) atoms. The van der Waals surface area contributed by atoms with Gasteiger partial charge in [-0.25, -0.2) is 0 Å². The van der Waals surface area contributed by atoms with E-state index in [9.17, 15) is 4.79 Å². The van der Waals surface area contributed by atoms with E-state index in [2.05, 4.69) is 4.90 Å². The maximum absolute atomic E-state index is 11.3. The Morgan fingerprint density at radius 1 is 1.67 bits per heavy atom. The third-order valence-corrected chi connectivity index (χ3v) is 4.02. The Bertz CT molecular complexity index is 306. The lowest BCUT2D eigenvalue weighted by Gasteiger charge is -2.32. The minimum atomic E-state index is -0.230. The smallest absolute Gasteiger partial charge is 0.234 e. The Balaban J connectivity index is 2.08. The molecule has 2 atom stereocenters. The molecule has 0 aromatic rings. The SMILES string of the molecule is CN1C=C(N)SC1N1CCC[C@@H]1C(N)=O. The first kappa shape index (κ1) is 10.6. The Kier molecular flexibility index (Phi) is 2.79. The maximum atomic E-state index is 11.3. The van der Waals surface area contributed by atoms with Crippen molar-refractivity contribution in [1.82, 2.24) is 9.80 Å². The highest BCUT2D eigenvalue weighted by Crippen LogP contribution is 2.34. The van der Waals surface area contributed by atoms with Crippen molar-refractivity contribution in [1.29, 1.82) is 0 Å². The molecule has 1 saturated heterocycles. The lowest BCUT2D eigenvalue weighted by Crippen LogP contribution is -2.48. The summed E-state index contributed by atoms with van der Waals surface area (Å²) >= 11 is 1.57. The average molecular weight is 228 g/mol. The van der Waals surface area contributed by atoms with E-state index in [1.807, 2.05) is 18.1 Å². The molecule has 84 valence electrons. The average Bonchev–Trinajstić information content (AvgIpc) is 2.71. The number of nitrogens with zero attached hydrogens (tertiary/aromatic N) is 2. The molecule has 1 amide bonds. The summed E-state index contributed by atoms with van der Waals surface area (Å²) in [4.78, 5) is 15.4. The maximum Gasteiger partial charge on any atom is 0.234 e. The number of nitrogens with two attached hydrogens (primary N) is 2. The summed E-state index contributed by atoms with van der Waals surface area (Å²) < 4.78 is 0. The van der Waals surface area contributed by atoms with E-state index in [-0.39, 0.29) is 17.4 Å². The van der Waals surface area contributed by atoms with Gasteiger partial charge in [0.25, 0.3) is 0 Å². The topological polar surface area (TPSA) is 75.6 Å². The molecule has 0 aromatic carbocycles. The second-order valence-corrected chi connectivity index (χ2v) is 5.07. The monoisotopic (exact) mass is 228 g/mol. The number of primary amides is 1. The second kappa shape index (κ2) is 3.94. The highest BCUT2D eigenvalue weighted by atomic mass is 32.2. The van der Waals surface area contributed by atoms with Gasteiger partial charge in [0.1, 0.15) is 5.50 Å². The van der Waals surface area contributed by atoms with Crippen molar-refractivity contribution in [2.75, 3.05) is 13.6 Å². The van der Waals surface area contributed by atoms with Crippen molar-refractivity contribution in [2.24, 2.45) is 11.5 Å². The van der Waals surface area contributed by atoms with Crippen LogP contribution in [-0.2, 0) is 4.79 Å². The third kappa shape index (κ3) is 1.91. The van der Waals surface area contributed by atoms with Crippen molar-refractivity contribution in [2.45, 2.75) is 24.4 Å². The van der Waals surface area contributed by atoms with Crippen LogP contribution in [0.25, 0.3) is 0 Å². The van der Waals surface area contributed by atoms with Crippen molar-refractivity contribution in [3.63, 3.8) is 0 Å². The minimum Gasteiger partial charge on any atom is -0.392 e. The standard InChI is InChI=1S/C9H16N4OS/c1-12-5-7(10)15-9(12)13-4-2-3-6(13)8(11)14/h5-6,9H,2-4,10H2,1H3,(H2,11,14)/t6-,9?/m1/s1. The molecule has 6 heteroatoms. The van der Waals surface area contributed by atoms with Crippen molar-refractivity contribution in [3.05, 3.63) is 11.2 Å². The van der Waals surface area contributed by atoms with Crippen LogP contribution < -0.4 is 11.5 Å². The zero-order valence-corrected chi connectivity index (χ0v) is 9.54.